The molecule has 21 heavy (non-hydrogen) atoms. The zero-order valence-electron chi connectivity index (χ0n) is 10.8. The van der Waals surface area contributed by atoms with Gasteiger partial charge in [-0.15, -0.1) is 0 Å². The Hall–Kier alpha value is -2.13. The van der Waals surface area contributed by atoms with Crippen molar-refractivity contribution < 1.29 is 32.3 Å². The molecule has 2 rings (SSSR count). The molecule has 10 heteroatoms. The standard InChI is InChI=1S/C11H12F3N3O4/c12-11(13,14)5-17-2-6(1-9(17)20)10(21)16-3-7(18)15-8(19)4-16/h6H,1-5H2,(H,15,18,19). The number of likely N-dealkylation sites (tertiary alicyclic amines) is 1. The van der Waals surface area contributed by atoms with Crippen LogP contribution in [0.1, 0.15) is 6.42 Å². The van der Waals surface area contributed by atoms with E-state index in [-0.39, 0.29) is 26.1 Å². The topological polar surface area (TPSA) is 86.8 Å². The fraction of sp³-hybridized carbons (Fsp3) is 0.636. The molecule has 0 spiro atoms. The zero-order chi connectivity index (χ0) is 15.8. The van der Waals surface area contributed by atoms with Crippen LogP contribution in [-0.2, 0) is 19.2 Å². The van der Waals surface area contributed by atoms with E-state index in [0.717, 1.165) is 4.90 Å². The molecular formula is C11H12F3N3O4. The average molecular weight is 307 g/mol. The van der Waals surface area contributed by atoms with Crippen molar-refractivity contribution in [3.8, 4) is 0 Å². The number of rotatable bonds is 2. The molecule has 0 aliphatic carbocycles. The van der Waals surface area contributed by atoms with Gasteiger partial charge in [0.15, 0.2) is 0 Å². The Labute approximate surface area is 117 Å². The molecular weight excluding hydrogens is 295 g/mol. The van der Waals surface area contributed by atoms with E-state index >= 15 is 0 Å². The number of hydrogen-bond acceptors (Lipinski definition) is 4. The fourth-order valence-corrected chi connectivity index (χ4v) is 2.36. The molecule has 0 saturated carbocycles. The number of halogens is 3. The van der Waals surface area contributed by atoms with Gasteiger partial charge in [0.2, 0.25) is 23.6 Å². The van der Waals surface area contributed by atoms with Gasteiger partial charge in [-0.2, -0.15) is 13.2 Å². The number of carbonyl (C=O) groups excluding carboxylic acids is 4. The van der Waals surface area contributed by atoms with Crippen LogP contribution in [0.4, 0.5) is 13.2 Å². The molecule has 2 saturated heterocycles. The Kier molecular flexibility index (Phi) is 3.88. The Morgan fingerprint density at radius 1 is 1.19 bits per heavy atom. The van der Waals surface area contributed by atoms with Crippen molar-refractivity contribution in [1.29, 1.82) is 0 Å². The Bertz CT molecular complexity index is 489. The van der Waals surface area contributed by atoms with Crippen molar-refractivity contribution in [3.63, 3.8) is 0 Å². The van der Waals surface area contributed by atoms with Crippen LogP contribution in [0, 0.1) is 5.92 Å². The summed E-state index contributed by atoms with van der Waals surface area (Å²) >= 11 is 0. The third-order valence-electron chi connectivity index (χ3n) is 3.19. The number of nitrogens with one attached hydrogen (secondary N) is 1. The minimum Gasteiger partial charge on any atom is -0.333 e. The van der Waals surface area contributed by atoms with Crippen LogP contribution in [-0.4, -0.2) is 65.8 Å². The van der Waals surface area contributed by atoms with Gasteiger partial charge in [-0.25, -0.2) is 0 Å². The lowest BCUT2D eigenvalue weighted by atomic mass is 10.1. The third kappa shape index (κ3) is 3.70. The van der Waals surface area contributed by atoms with E-state index in [2.05, 4.69) is 0 Å². The van der Waals surface area contributed by atoms with Crippen LogP contribution < -0.4 is 5.32 Å². The average Bonchev–Trinajstić information content (AvgIpc) is 2.66. The molecule has 2 fully saturated rings. The van der Waals surface area contributed by atoms with E-state index in [9.17, 15) is 32.3 Å². The largest absolute Gasteiger partial charge is 0.406 e. The van der Waals surface area contributed by atoms with Gasteiger partial charge in [0, 0.05) is 13.0 Å². The van der Waals surface area contributed by atoms with Gasteiger partial charge in [-0.1, -0.05) is 0 Å². The summed E-state index contributed by atoms with van der Waals surface area (Å²) in [5.74, 6) is -3.69. The number of hydrogen-bond donors (Lipinski definition) is 1. The highest BCUT2D eigenvalue weighted by Crippen LogP contribution is 2.25. The van der Waals surface area contributed by atoms with Crippen molar-refractivity contribution in [2.24, 2.45) is 5.92 Å². The Morgan fingerprint density at radius 2 is 1.76 bits per heavy atom. The van der Waals surface area contributed by atoms with Crippen LogP contribution >= 0.6 is 0 Å². The second-order valence-electron chi connectivity index (χ2n) is 4.96. The molecule has 2 aliphatic heterocycles. The molecule has 4 amide bonds. The zero-order valence-corrected chi connectivity index (χ0v) is 10.8. The van der Waals surface area contributed by atoms with Crippen LogP contribution in [0.2, 0.25) is 0 Å². The molecule has 0 bridgehead atoms. The molecule has 0 radical (unpaired) electrons. The lowest BCUT2D eigenvalue weighted by Gasteiger charge is -2.27. The first-order chi connectivity index (χ1) is 9.65. The Morgan fingerprint density at radius 3 is 2.29 bits per heavy atom. The van der Waals surface area contributed by atoms with Gasteiger partial charge in [0.05, 0.1) is 5.92 Å². The molecule has 2 aliphatic rings. The predicted molar refractivity (Wildman–Crippen MR) is 60.5 cm³/mol. The maximum Gasteiger partial charge on any atom is 0.406 e. The van der Waals surface area contributed by atoms with Crippen LogP contribution in [0.15, 0.2) is 0 Å². The monoisotopic (exact) mass is 307 g/mol. The summed E-state index contributed by atoms with van der Waals surface area (Å²) in [4.78, 5) is 47.4. The first kappa shape index (κ1) is 15.3. The van der Waals surface area contributed by atoms with E-state index in [1.54, 1.807) is 0 Å². The summed E-state index contributed by atoms with van der Waals surface area (Å²) in [5, 5.41) is 2.01. The first-order valence-electron chi connectivity index (χ1n) is 6.11. The van der Waals surface area contributed by atoms with Crippen LogP contribution in [0.5, 0.6) is 0 Å². The van der Waals surface area contributed by atoms with Gasteiger partial charge >= 0.3 is 6.18 Å². The van der Waals surface area contributed by atoms with E-state index < -0.39 is 42.3 Å². The molecule has 1 atom stereocenters. The van der Waals surface area contributed by atoms with E-state index in [1.807, 2.05) is 5.32 Å². The Balaban J connectivity index is 2.00. The molecule has 116 valence electrons. The number of carbonyl (C=O) groups is 4. The summed E-state index contributed by atoms with van der Waals surface area (Å²) in [7, 11) is 0. The van der Waals surface area contributed by atoms with Crippen molar-refractivity contribution in [1.82, 2.24) is 15.1 Å². The molecule has 1 unspecified atom stereocenters. The quantitative estimate of drug-likeness (QED) is 0.655. The highest BCUT2D eigenvalue weighted by atomic mass is 19.4. The van der Waals surface area contributed by atoms with Crippen LogP contribution in [0.3, 0.4) is 0 Å². The normalized spacial score (nSPS) is 23.6. The summed E-state index contributed by atoms with van der Waals surface area (Å²) in [6.45, 7) is -2.44. The smallest absolute Gasteiger partial charge is 0.333 e. The lowest BCUT2D eigenvalue weighted by Crippen LogP contribution is -2.54. The van der Waals surface area contributed by atoms with E-state index in [1.165, 1.54) is 0 Å². The highest BCUT2D eigenvalue weighted by Gasteiger charge is 2.42. The number of nitrogens with zero attached hydrogens (tertiary/aromatic N) is 2. The summed E-state index contributed by atoms with van der Waals surface area (Å²) in [6, 6.07) is 0. The van der Waals surface area contributed by atoms with Gasteiger partial charge in [-0.3, -0.25) is 24.5 Å². The highest BCUT2D eigenvalue weighted by molar-refractivity contribution is 6.03. The summed E-state index contributed by atoms with van der Waals surface area (Å²) < 4.78 is 36.8. The fourth-order valence-electron chi connectivity index (χ4n) is 2.36. The maximum atomic E-state index is 12.3. The van der Waals surface area contributed by atoms with Gasteiger partial charge in [0.25, 0.3) is 0 Å². The molecule has 0 aromatic rings. The summed E-state index contributed by atoms with van der Waals surface area (Å²) in [5.41, 5.74) is 0. The van der Waals surface area contributed by atoms with Crippen LogP contribution in [0.25, 0.3) is 0 Å². The van der Waals surface area contributed by atoms with Crippen molar-refractivity contribution in [2.75, 3.05) is 26.2 Å². The molecule has 0 aromatic heterocycles. The molecule has 1 N–H and O–H groups in total. The van der Waals surface area contributed by atoms with E-state index in [0.29, 0.717) is 4.90 Å². The predicted octanol–water partition coefficient (Wildman–Crippen LogP) is -1.12. The SMILES string of the molecule is O=C1CN(C(=O)C2CC(=O)N(CC(F)(F)F)C2)CC(=O)N1. The minimum atomic E-state index is -4.53. The van der Waals surface area contributed by atoms with Crippen molar-refractivity contribution in [3.05, 3.63) is 0 Å². The maximum absolute atomic E-state index is 12.3. The molecule has 0 aromatic carbocycles. The number of alkyl halides is 3. The first-order valence-corrected chi connectivity index (χ1v) is 6.11. The number of piperazine rings is 1. The minimum absolute atomic E-state index is 0.339. The lowest BCUT2D eigenvalue weighted by molar-refractivity contribution is -0.157. The second-order valence-corrected chi connectivity index (χ2v) is 4.96. The van der Waals surface area contributed by atoms with Gasteiger partial charge in [0.1, 0.15) is 19.6 Å². The van der Waals surface area contributed by atoms with Gasteiger partial charge < -0.3 is 9.80 Å². The van der Waals surface area contributed by atoms with E-state index in [4.69, 9.17) is 0 Å². The van der Waals surface area contributed by atoms with Gasteiger partial charge in [-0.05, 0) is 0 Å². The molecule has 2 heterocycles. The number of amides is 4. The van der Waals surface area contributed by atoms with Crippen molar-refractivity contribution in [2.45, 2.75) is 12.6 Å². The van der Waals surface area contributed by atoms with Crippen molar-refractivity contribution >= 4 is 23.6 Å². The number of imide groups is 1. The summed E-state index contributed by atoms with van der Waals surface area (Å²) in [6.07, 6.45) is -4.88. The third-order valence-corrected chi connectivity index (χ3v) is 3.19. The molecule has 7 nitrogen and oxygen atoms in total. The second kappa shape index (κ2) is 5.34.